The minimum absolute atomic E-state index is 0.0669. The molecular formula is C80H52N2. The Morgan fingerprint density at radius 3 is 1.00 bits per heavy atom. The Balaban J connectivity index is 0.861. The Labute approximate surface area is 476 Å². The van der Waals surface area contributed by atoms with Crippen molar-refractivity contribution in [3.63, 3.8) is 0 Å². The number of para-hydroxylation sites is 3. The zero-order valence-corrected chi connectivity index (χ0v) is 44.9. The molecule has 0 fully saturated rings. The fraction of sp³-hybridized carbons (Fsp3) is 0.0250. The Bertz CT molecular complexity index is 4920. The lowest BCUT2D eigenvalue weighted by molar-refractivity contribution is 0.758. The van der Waals surface area contributed by atoms with Gasteiger partial charge in [0.15, 0.2) is 0 Å². The van der Waals surface area contributed by atoms with Crippen LogP contribution < -0.4 is 0 Å². The quantitative estimate of drug-likeness (QED) is 0.144. The fourth-order valence-electron chi connectivity index (χ4n) is 14.3. The van der Waals surface area contributed by atoms with E-state index in [-0.39, 0.29) is 11.8 Å². The Morgan fingerprint density at radius 2 is 0.512 bits per heavy atom. The van der Waals surface area contributed by atoms with Crippen LogP contribution in [0.1, 0.15) is 45.2 Å². The first kappa shape index (κ1) is 46.4. The molecule has 15 aromatic rings. The van der Waals surface area contributed by atoms with Crippen LogP contribution in [0.4, 0.5) is 0 Å². The molecular weight excluding hydrogens is 989 g/mol. The van der Waals surface area contributed by atoms with E-state index in [4.69, 9.17) is 0 Å². The summed E-state index contributed by atoms with van der Waals surface area (Å²) in [6, 6.07) is 113. The van der Waals surface area contributed by atoms with Gasteiger partial charge in [0.25, 0.3) is 0 Å². The molecule has 382 valence electrons. The van der Waals surface area contributed by atoms with Crippen LogP contribution in [-0.4, -0.2) is 9.13 Å². The summed E-state index contributed by atoms with van der Waals surface area (Å²) in [6.07, 6.45) is 0. The van der Waals surface area contributed by atoms with E-state index in [1.54, 1.807) is 0 Å². The van der Waals surface area contributed by atoms with Gasteiger partial charge in [0.05, 0.1) is 22.1 Å². The summed E-state index contributed by atoms with van der Waals surface area (Å²) in [5.74, 6) is 0.139. The van der Waals surface area contributed by atoms with E-state index in [0.29, 0.717) is 0 Å². The summed E-state index contributed by atoms with van der Waals surface area (Å²) < 4.78 is 4.85. The van der Waals surface area contributed by atoms with Crippen molar-refractivity contribution in [3.8, 4) is 78.1 Å². The molecule has 0 atom stereocenters. The standard InChI is InChI=1S/C80H52N2/c1-5-20-51(21-6-1)58-45-59(52-22-7-2-8-23-52)47-60(46-58)53-24-19-25-56(44-53)63-39-40-64(80-78-68-33-15-13-31-66(68)77(79(63)80)67-32-14-16-34-69(67)78)57-38-43-76-72(50-57)71-49-55(37-42-75(71)82(76)62-28-11-4-12-29-62)54-36-41-74-70(48-54)65-30-17-18-35-73(65)81(74)61-26-9-3-10-27-61/h1-50,77-78H. The van der Waals surface area contributed by atoms with Crippen molar-refractivity contribution in [2.24, 2.45) is 0 Å². The molecule has 2 heterocycles. The van der Waals surface area contributed by atoms with E-state index in [1.807, 2.05) is 0 Å². The van der Waals surface area contributed by atoms with Gasteiger partial charge in [-0.1, -0.05) is 212 Å². The molecule has 2 heteroatoms. The van der Waals surface area contributed by atoms with Crippen molar-refractivity contribution in [2.45, 2.75) is 11.8 Å². The van der Waals surface area contributed by atoms with Crippen LogP contribution in [0, 0.1) is 0 Å². The highest BCUT2D eigenvalue weighted by atomic mass is 15.0. The zero-order valence-electron chi connectivity index (χ0n) is 44.9. The van der Waals surface area contributed by atoms with E-state index in [1.165, 1.54) is 144 Å². The van der Waals surface area contributed by atoms with Crippen LogP contribution in [0.15, 0.2) is 303 Å². The number of rotatable bonds is 8. The average molecular weight is 1040 g/mol. The van der Waals surface area contributed by atoms with E-state index in [2.05, 4.69) is 312 Å². The van der Waals surface area contributed by atoms with E-state index in [9.17, 15) is 0 Å². The van der Waals surface area contributed by atoms with Gasteiger partial charge in [-0.15, -0.1) is 0 Å². The molecule has 0 amide bonds. The second-order valence-electron chi connectivity index (χ2n) is 22.3. The van der Waals surface area contributed by atoms with Crippen LogP contribution in [0.2, 0.25) is 0 Å². The number of aromatic nitrogens is 2. The molecule has 13 aromatic carbocycles. The van der Waals surface area contributed by atoms with Crippen LogP contribution in [-0.2, 0) is 0 Å². The number of fused-ring (bicyclic) bond motifs is 6. The summed E-state index contributed by atoms with van der Waals surface area (Å²) in [5.41, 5.74) is 30.2. The number of hydrogen-bond acceptors (Lipinski definition) is 0. The number of nitrogens with zero attached hydrogens (tertiary/aromatic N) is 2. The molecule has 0 unspecified atom stereocenters. The third-order valence-electron chi connectivity index (χ3n) is 17.9. The van der Waals surface area contributed by atoms with Crippen LogP contribution in [0.5, 0.6) is 0 Å². The van der Waals surface area contributed by atoms with Gasteiger partial charge in [-0.25, -0.2) is 0 Å². The highest BCUT2D eigenvalue weighted by Gasteiger charge is 2.44. The normalized spacial score (nSPS) is 14.1. The van der Waals surface area contributed by atoms with Crippen LogP contribution in [0.3, 0.4) is 0 Å². The lowest BCUT2D eigenvalue weighted by Crippen LogP contribution is -2.28. The van der Waals surface area contributed by atoms with Gasteiger partial charge in [-0.3, -0.25) is 0 Å². The summed E-state index contributed by atoms with van der Waals surface area (Å²) in [4.78, 5) is 0. The number of hydrogen-bond donors (Lipinski definition) is 0. The SMILES string of the molecule is c1ccc(-c2cc(-c3ccccc3)cc(-c3cccc(-c4ccc(-c5ccc6c(c5)c5cc(-c7ccc8c(c7)c7ccccc7n8-c7ccccc7)ccc5n6-c5ccccc5)c5c4C4c6ccccc6C5c5ccccc54)c3)c2)cc1. The van der Waals surface area contributed by atoms with E-state index >= 15 is 0 Å². The Kier molecular flexibility index (Phi) is 10.5. The molecule has 82 heavy (non-hydrogen) atoms. The maximum absolute atomic E-state index is 2.50. The summed E-state index contributed by atoms with van der Waals surface area (Å²) in [5, 5.41) is 4.97. The molecule has 0 saturated heterocycles. The molecule has 0 N–H and O–H groups in total. The van der Waals surface area contributed by atoms with Crippen molar-refractivity contribution >= 4 is 43.6 Å². The molecule has 3 aliphatic rings. The molecule has 0 spiro atoms. The predicted octanol–water partition coefficient (Wildman–Crippen LogP) is 20.9. The molecule has 0 aliphatic heterocycles. The van der Waals surface area contributed by atoms with Crippen molar-refractivity contribution in [3.05, 3.63) is 337 Å². The largest absolute Gasteiger partial charge is 0.309 e. The van der Waals surface area contributed by atoms with Crippen LogP contribution >= 0.6 is 0 Å². The van der Waals surface area contributed by atoms with Gasteiger partial charge in [0.1, 0.15) is 0 Å². The van der Waals surface area contributed by atoms with Gasteiger partial charge < -0.3 is 9.13 Å². The average Bonchev–Trinajstić information content (AvgIpc) is 1.65. The third-order valence-corrected chi connectivity index (χ3v) is 17.9. The molecule has 2 bridgehead atoms. The van der Waals surface area contributed by atoms with Gasteiger partial charge >= 0.3 is 0 Å². The van der Waals surface area contributed by atoms with Crippen molar-refractivity contribution in [2.75, 3.05) is 0 Å². The molecule has 0 radical (unpaired) electrons. The second-order valence-corrected chi connectivity index (χ2v) is 22.3. The van der Waals surface area contributed by atoms with Gasteiger partial charge in [0.2, 0.25) is 0 Å². The van der Waals surface area contributed by atoms with Crippen molar-refractivity contribution in [1.29, 1.82) is 0 Å². The predicted molar refractivity (Wildman–Crippen MR) is 343 cm³/mol. The first-order chi connectivity index (χ1) is 40.7. The maximum atomic E-state index is 2.50. The third kappa shape index (κ3) is 7.21. The maximum Gasteiger partial charge on any atom is 0.0541 e. The van der Waals surface area contributed by atoms with Gasteiger partial charge in [-0.05, 0) is 191 Å². The highest BCUT2D eigenvalue weighted by Crippen LogP contribution is 2.60. The molecule has 0 saturated carbocycles. The van der Waals surface area contributed by atoms with Crippen molar-refractivity contribution < 1.29 is 0 Å². The smallest absolute Gasteiger partial charge is 0.0541 e. The summed E-state index contributed by atoms with van der Waals surface area (Å²) in [7, 11) is 0. The van der Waals surface area contributed by atoms with Crippen molar-refractivity contribution in [1.82, 2.24) is 9.13 Å². The second kappa shape index (κ2) is 18.5. The first-order valence-electron chi connectivity index (χ1n) is 28.6. The lowest BCUT2D eigenvalue weighted by atomic mass is 9.58. The van der Waals surface area contributed by atoms with E-state index < -0.39 is 0 Å². The molecule has 3 aliphatic carbocycles. The molecule has 2 aromatic heterocycles. The number of benzene rings is 13. The Hall–Kier alpha value is -10.5. The monoisotopic (exact) mass is 1040 g/mol. The summed E-state index contributed by atoms with van der Waals surface area (Å²) in [6.45, 7) is 0. The topological polar surface area (TPSA) is 9.86 Å². The minimum Gasteiger partial charge on any atom is -0.309 e. The molecule has 2 nitrogen and oxygen atoms in total. The summed E-state index contributed by atoms with van der Waals surface area (Å²) >= 11 is 0. The van der Waals surface area contributed by atoms with Gasteiger partial charge in [-0.2, -0.15) is 0 Å². The first-order valence-corrected chi connectivity index (χ1v) is 28.6. The Morgan fingerprint density at radius 1 is 0.195 bits per heavy atom. The zero-order chi connectivity index (χ0) is 53.8. The highest BCUT2D eigenvalue weighted by molar-refractivity contribution is 6.13. The molecule has 18 rings (SSSR count). The van der Waals surface area contributed by atoms with Crippen LogP contribution in [0.25, 0.3) is 122 Å². The minimum atomic E-state index is 0.0669. The lowest BCUT2D eigenvalue weighted by Gasteiger charge is -2.44. The van der Waals surface area contributed by atoms with Gasteiger partial charge in [0, 0.05) is 44.8 Å². The fourth-order valence-corrected chi connectivity index (χ4v) is 14.3. The van der Waals surface area contributed by atoms with E-state index in [0.717, 1.165) is 11.4 Å².